The lowest BCUT2D eigenvalue weighted by atomic mass is 10.0. The highest BCUT2D eigenvalue weighted by Crippen LogP contribution is 2.17. The third-order valence-corrected chi connectivity index (χ3v) is 2.91. The zero-order valence-electron chi connectivity index (χ0n) is 10.4. The topological polar surface area (TPSA) is 32.3 Å². The molecule has 2 atom stereocenters. The first-order valence-electron chi connectivity index (χ1n) is 5.77. The van der Waals surface area contributed by atoms with Gasteiger partial charge in [0.05, 0.1) is 6.61 Å². The third-order valence-electron chi connectivity index (χ3n) is 2.91. The Hall–Kier alpha value is -1.00. The van der Waals surface area contributed by atoms with E-state index in [2.05, 4.69) is 5.32 Å². The van der Waals surface area contributed by atoms with Gasteiger partial charge in [-0.15, -0.1) is 0 Å². The summed E-state index contributed by atoms with van der Waals surface area (Å²) in [5.41, 5.74) is 0.669. The first kappa shape index (κ1) is 14.1. The van der Waals surface area contributed by atoms with Crippen molar-refractivity contribution in [3.63, 3.8) is 0 Å². The summed E-state index contributed by atoms with van der Waals surface area (Å²) in [6.45, 7) is 5.86. The first-order valence-corrected chi connectivity index (χ1v) is 5.77. The number of benzene rings is 1. The summed E-state index contributed by atoms with van der Waals surface area (Å²) >= 11 is 0. The van der Waals surface area contributed by atoms with Crippen molar-refractivity contribution in [3.8, 4) is 0 Å². The van der Waals surface area contributed by atoms with Crippen LogP contribution in [-0.4, -0.2) is 17.8 Å². The fourth-order valence-corrected chi connectivity index (χ4v) is 1.66. The van der Waals surface area contributed by atoms with Crippen LogP contribution in [0.4, 0.5) is 8.78 Å². The van der Waals surface area contributed by atoms with Crippen LogP contribution in [0.5, 0.6) is 0 Å². The third kappa shape index (κ3) is 3.75. The van der Waals surface area contributed by atoms with Gasteiger partial charge in [0.15, 0.2) is 11.6 Å². The molecule has 0 fully saturated rings. The van der Waals surface area contributed by atoms with Crippen LogP contribution in [0.2, 0.25) is 0 Å². The van der Waals surface area contributed by atoms with Crippen molar-refractivity contribution < 1.29 is 13.9 Å². The largest absolute Gasteiger partial charge is 0.395 e. The molecule has 0 spiro atoms. The van der Waals surface area contributed by atoms with Crippen molar-refractivity contribution >= 4 is 0 Å². The van der Waals surface area contributed by atoms with Crippen LogP contribution in [0.3, 0.4) is 0 Å². The number of nitrogens with one attached hydrogen (secondary N) is 1. The number of halogens is 2. The second-order valence-corrected chi connectivity index (χ2v) is 4.59. The molecule has 0 aliphatic carbocycles. The Morgan fingerprint density at radius 2 is 1.82 bits per heavy atom. The average Bonchev–Trinajstić information content (AvgIpc) is 2.28. The molecular weight excluding hydrogens is 224 g/mol. The molecular formula is C13H19F2NO. The van der Waals surface area contributed by atoms with Gasteiger partial charge in [-0.3, -0.25) is 0 Å². The summed E-state index contributed by atoms with van der Waals surface area (Å²) in [6.07, 6.45) is 0. The van der Waals surface area contributed by atoms with Crippen molar-refractivity contribution in [2.24, 2.45) is 5.92 Å². The fourth-order valence-electron chi connectivity index (χ4n) is 1.66. The van der Waals surface area contributed by atoms with E-state index in [-0.39, 0.29) is 24.6 Å². The maximum absolute atomic E-state index is 13.1. The molecule has 0 amide bonds. The van der Waals surface area contributed by atoms with Crippen LogP contribution in [0.15, 0.2) is 18.2 Å². The van der Waals surface area contributed by atoms with E-state index in [9.17, 15) is 13.9 Å². The Kier molecular flexibility index (Phi) is 5.02. The van der Waals surface area contributed by atoms with Crippen LogP contribution in [0.1, 0.15) is 32.4 Å². The minimum Gasteiger partial charge on any atom is -0.395 e. The summed E-state index contributed by atoms with van der Waals surface area (Å²) in [5, 5.41) is 12.4. The highest BCUT2D eigenvalue weighted by atomic mass is 19.2. The van der Waals surface area contributed by atoms with Crippen LogP contribution in [0.25, 0.3) is 0 Å². The zero-order valence-corrected chi connectivity index (χ0v) is 10.4. The van der Waals surface area contributed by atoms with Gasteiger partial charge >= 0.3 is 0 Å². The Morgan fingerprint density at radius 1 is 1.18 bits per heavy atom. The molecule has 1 rings (SSSR count). The van der Waals surface area contributed by atoms with E-state index in [1.807, 2.05) is 20.8 Å². The molecule has 0 saturated carbocycles. The van der Waals surface area contributed by atoms with Crippen molar-refractivity contribution in [2.75, 3.05) is 6.61 Å². The van der Waals surface area contributed by atoms with Crippen LogP contribution in [-0.2, 0) is 0 Å². The lowest BCUT2D eigenvalue weighted by Crippen LogP contribution is -2.38. The molecule has 1 unspecified atom stereocenters. The predicted molar refractivity (Wildman–Crippen MR) is 63.6 cm³/mol. The van der Waals surface area contributed by atoms with Gasteiger partial charge < -0.3 is 10.4 Å². The minimum absolute atomic E-state index is 0.0195. The number of aliphatic hydroxyl groups excluding tert-OH is 1. The highest BCUT2D eigenvalue weighted by Gasteiger charge is 2.16. The standard InChI is InChI=1S/C13H19F2NO/c1-8(2)13(7-17)16-9(3)10-4-5-11(14)12(15)6-10/h4-6,8-9,13,16-17H,7H2,1-3H3/t9?,13-/m1/s1. The van der Waals surface area contributed by atoms with Crippen molar-refractivity contribution in [2.45, 2.75) is 32.9 Å². The van der Waals surface area contributed by atoms with E-state index in [1.165, 1.54) is 6.07 Å². The molecule has 2 N–H and O–H groups in total. The van der Waals surface area contributed by atoms with Crippen LogP contribution in [0, 0.1) is 17.6 Å². The molecule has 1 aromatic rings. The van der Waals surface area contributed by atoms with Crippen molar-refractivity contribution in [1.82, 2.24) is 5.32 Å². The second kappa shape index (κ2) is 6.07. The second-order valence-electron chi connectivity index (χ2n) is 4.59. The summed E-state index contributed by atoms with van der Waals surface area (Å²) in [5.74, 6) is -1.42. The molecule has 1 aromatic carbocycles. The summed E-state index contributed by atoms with van der Waals surface area (Å²) in [7, 11) is 0. The monoisotopic (exact) mass is 243 g/mol. The van der Waals surface area contributed by atoms with Crippen LogP contribution < -0.4 is 5.32 Å². The quantitative estimate of drug-likeness (QED) is 0.833. The zero-order chi connectivity index (χ0) is 13.0. The van der Waals surface area contributed by atoms with E-state index in [4.69, 9.17) is 0 Å². The summed E-state index contributed by atoms with van der Waals surface area (Å²) < 4.78 is 25.8. The van der Waals surface area contributed by atoms with Gasteiger partial charge in [0.25, 0.3) is 0 Å². The molecule has 0 aromatic heterocycles. The maximum atomic E-state index is 13.1. The Bertz CT molecular complexity index is 368. The minimum atomic E-state index is -0.846. The highest BCUT2D eigenvalue weighted by molar-refractivity contribution is 5.20. The number of hydrogen-bond donors (Lipinski definition) is 2. The van der Waals surface area contributed by atoms with Crippen molar-refractivity contribution in [1.29, 1.82) is 0 Å². The molecule has 0 aliphatic rings. The normalized spacial score (nSPS) is 15.0. The van der Waals surface area contributed by atoms with E-state index < -0.39 is 11.6 Å². The van der Waals surface area contributed by atoms with E-state index in [0.717, 1.165) is 6.07 Å². The molecule has 0 aliphatic heterocycles. The Balaban J connectivity index is 2.75. The molecule has 4 heteroatoms. The molecule has 2 nitrogen and oxygen atoms in total. The Labute approximate surface area is 101 Å². The van der Waals surface area contributed by atoms with Gasteiger partial charge in [-0.05, 0) is 30.5 Å². The van der Waals surface area contributed by atoms with Gasteiger partial charge in [0, 0.05) is 12.1 Å². The molecule has 96 valence electrons. The average molecular weight is 243 g/mol. The van der Waals surface area contributed by atoms with Gasteiger partial charge in [-0.2, -0.15) is 0 Å². The molecule has 0 radical (unpaired) electrons. The fraction of sp³-hybridized carbons (Fsp3) is 0.538. The Morgan fingerprint density at radius 3 is 2.29 bits per heavy atom. The molecule has 0 saturated heterocycles. The van der Waals surface area contributed by atoms with E-state index in [0.29, 0.717) is 5.56 Å². The number of hydrogen-bond acceptors (Lipinski definition) is 2. The molecule has 0 bridgehead atoms. The first-order chi connectivity index (χ1) is 7.95. The van der Waals surface area contributed by atoms with Gasteiger partial charge in [-0.1, -0.05) is 19.9 Å². The summed E-state index contributed by atoms with van der Waals surface area (Å²) in [4.78, 5) is 0. The van der Waals surface area contributed by atoms with Gasteiger partial charge in [-0.25, -0.2) is 8.78 Å². The van der Waals surface area contributed by atoms with Crippen molar-refractivity contribution in [3.05, 3.63) is 35.4 Å². The maximum Gasteiger partial charge on any atom is 0.159 e. The lowest BCUT2D eigenvalue weighted by Gasteiger charge is -2.25. The van der Waals surface area contributed by atoms with E-state index >= 15 is 0 Å². The smallest absolute Gasteiger partial charge is 0.159 e. The van der Waals surface area contributed by atoms with Gasteiger partial charge in [0.1, 0.15) is 0 Å². The number of aliphatic hydroxyl groups is 1. The van der Waals surface area contributed by atoms with Crippen LogP contribution >= 0.6 is 0 Å². The number of rotatable bonds is 5. The molecule has 17 heavy (non-hydrogen) atoms. The SMILES string of the molecule is CC(N[C@H](CO)C(C)C)c1ccc(F)c(F)c1. The van der Waals surface area contributed by atoms with E-state index in [1.54, 1.807) is 6.07 Å². The molecule has 0 heterocycles. The summed E-state index contributed by atoms with van der Waals surface area (Å²) in [6, 6.07) is 3.65. The predicted octanol–water partition coefficient (Wildman–Crippen LogP) is 2.63. The lowest BCUT2D eigenvalue weighted by molar-refractivity contribution is 0.201. The van der Waals surface area contributed by atoms with Gasteiger partial charge in [0.2, 0.25) is 0 Å².